The van der Waals surface area contributed by atoms with Gasteiger partial charge < -0.3 is 25.4 Å². The monoisotopic (exact) mass is 249 g/mol. The number of ether oxygens (including phenoxy) is 1. The minimum Gasteiger partial charge on any atom is -0.463 e. The summed E-state index contributed by atoms with van der Waals surface area (Å²) >= 11 is 0. The van der Waals surface area contributed by atoms with Crippen LogP contribution in [0.1, 0.15) is 27.7 Å². The lowest BCUT2D eigenvalue weighted by Crippen LogP contribution is -2.09. The van der Waals surface area contributed by atoms with E-state index in [-0.39, 0.29) is 5.97 Å². The van der Waals surface area contributed by atoms with E-state index >= 15 is 0 Å². The van der Waals surface area contributed by atoms with Gasteiger partial charge in [0.2, 0.25) is 0 Å². The number of nitrogens with one attached hydrogen (secondary N) is 1. The zero-order chi connectivity index (χ0) is 14.3. The van der Waals surface area contributed by atoms with Crippen molar-refractivity contribution in [1.29, 1.82) is 0 Å². The Balaban J connectivity index is -0.000000188. The van der Waals surface area contributed by atoms with Crippen molar-refractivity contribution < 1.29 is 14.6 Å². The minimum absolute atomic E-state index is 0.312. The number of nitrogens with zero attached hydrogens (tertiary/aromatic N) is 1. The van der Waals surface area contributed by atoms with Crippen LogP contribution in [0.4, 0.5) is 0 Å². The molecule has 0 aliphatic carbocycles. The summed E-state index contributed by atoms with van der Waals surface area (Å²) in [5.41, 5.74) is 0.451. The predicted molar refractivity (Wildman–Crippen MR) is 66.0 cm³/mol. The number of esters is 1. The van der Waals surface area contributed by atoms with Crippen molar-refractivity contribution in [2.24, 2.45) is 0 Å². The van der Waals surface area contributed by atoms with Gasteiger partial charge in [-0.15, -0.1) is 0 Å². The van der Waals surface area contributed by atoms with E-state index in [0.29, 0.717) is 12.2 Å². The molecular formula is C10H21N2O5-. The predicted octanol–water partition coefficient (Wildman–Crippen LogP) is 1.50. The number of hydrogen-bond acceptors (Lipinski definition) is 6. The lowest BCUT2D eigenvalue weighted by molar-refractivity contribution is -0.402. The molecule has 0 rings (SSSR count). The van der Waals surface area contributed by atoms with Gasteiger partial charge >= 0.3 is 5.97 Å². The van der Waals surface area contributed by atoms with E-state index in [1.165, 1.54) is 0 Å². The molecule has 0 aliphatic heterocycles. The maximum atomic E-state index is 10.4. The van der Waals surface area contributed by atoms with Crippen molar-refractivity contribution >= 4 is 5.97 Å². The third-order valence-electron chi connectivity index (χ3n) is 1.12. The molecule has 0 aromatic carbocycles. The van der Waals surface area contributed by atoms with Crippen molar-refractivity contribution in [2.45, 2.75) is 27.7 Å². The van der Waals surface area contributed by atoms with Crippen LogP contribution in [0, 0.1) is 15.3 Å². The van der Waals surface area contributed by atoms with E-state index in [1.807, 2.05) is 0 Å². The van der Waals surface area contributed by atoms with E-state index in [1.54, 1.807) is 13.8 Å². The minimum atomic E-state index is -1.75. The highest BCUT2D eigenvalue weighted by atomic mass is 16.9. The lowest BCUT2D eigenvalue weighted by atomic mass is 10.4. The molecule has 17 heavy (non-hydrogen) atoms. The summed E-state index contributed by atoms with van der Waals surface area (Å²) in [7, 11) is 0. The second kappa shape index (κ2) is 16.8. The molecule has 0 saturated carbocycles. The average Bonchev–Trinajstić information content (AvgIpc) is 2.19. The molecule has 0 amide bonds. The standard InChI is InChI=1S/C6H10O2.C4H11N.NO3/c1-4-8-6(7)5(2)3;1-3-5-4-2;2-1(3)4/h2,4H2,1,3H3;5H,3-4H2,1-2H3;/q;;-1. The second-order valence-corrected chi connectivity index (χ2v) is 2.68. The van der Waals surface area contributed by atoms with Crippen LogP contribution in [-0.2, 0) is 9.53 Å². The maximum absolute atomic E-state index is 10.4. The molecule has 0 atom stereocenters. The van der Waals surface area contributed by atoms with Crippen molar-refractivity contribution in [3.05, 3.63) is 27.5 Å². The van der Waals surface area contributed by atoms with Gasteiger partial charge in [-0.1, -0.05) is 20.4 Å². The molecule has 0 aromatic heterocycles. The molecule has 0 heterocycles. The van der Waals surface area contributed by atoms with E-state index in [0.717, 1.165) is 13.1 Å². The van der Waals surface area contributed by atoms with Crippen LogP contribution in [-0.4, -0.2) is 30.8 Å². The van der Waals surface area contributed by atoms with Crippen LogP contribution in [0.2, 0.25) is 0 Å². The maximum Gasteiger partial charge on any atom is 0.333 e. The normalized spacial score (nSPS) is 7.76. The van der Waals surface area contributed by atoms with E-state index in [2.05, 4.69) is 30.5 Å². The Kier molecular flexibility index (Phi) is 20.5. The Morgan fingerprint density at radius 2 is 1.65 bits per heavy atom. The first-order valence-electron chi connectivity index (χ1n) is 5.18. The Labute approximate surface area is 102 Å². The quantitative estimate of drug-likeness (QED) is 0.350. The summed E-state index contributed by atoms with van der Waals surface area (Å²) in [4.78, 5) is 18.7. The van der Waals surface area contributed by atoms with Crippen LogP contribution in [0.5, 0.6) is 0 Å². The van der Waals surface area contributed by atoms with Gasteiger partial charge in [-0.05, 0) is 26.9 Å². The summed E-state index contributed by atoms with van der Waals surface area (Å²) in [5, 5.41) is 17.9. The van der Waals surface area contributed by atoms with E-state index in [4.69, 9.17) is 15.3 Å². The molecular weight excluding hydrogens is 228 g/mol. The number of hydrogen-bond donors (Lipinski definition) is 1. The van der Waals surface area contributed by atoms with Gasteiger partial charge in [0.1, 0.15) is 0 Å². The second-order valence-electron chi connectivity index (χ2n) is 2.68. The van der Waals surface area contributed by atoms with Crippen molar-refractivity contribution in [1.82, 2.24) is 5.32 Å². The first kappa shape index (κ1) is 20.7. The molecule has 7 heteroatoms. The zero-order valence-corrected chi connectivity index (χ0v) is 10.8. The van der Waals surface area contributed by atoms with Crippen LogP contribution in [0.3, 0.4) is 0 Å². The van der Waals surface area contributed by atoms with Gasteiger partial charge in [0.25, 0.3) is 0 Å². The number of carbonyl (C=O) groups excluding carboxylic acids is 1. The molecule has 102 valence electrons. The van der Waals surface area contributed by atoms with Gasteiger partial charge in [0, 0.05) is 5.57 Å². The van der Waals surface area contributed by atoms with Crippen LogP contribution >= 0.6 is 0 Å². The van der Waals surface area contributed by atoms with Crippen molar-refractivity contribution in [3.8, 4) is 0 Å². The molecule has 7 nitrogen and oxygen atoms in total. The number of carbonyl (C=O) groups is 1. The summed E-state index contributed by atoms with van der Waals surface area (Å²) in [6, 6.07) is 0. The van der Waals surface area contributed by atoms with E-state index < -0.39 is 5.09 Å². The summed E-state index contributed by atoms with van der Waals surface area (Å²) in [6.07, 6.45) is 0. The average molecular weight is 249 g/mol. The molecule has 0 radical (unpaired) electrons. The van der Waals surface area contributed by atoms with Gasteiger partial charge in [-0.3, -0.25) is 0 Å². The molecule has 0 fully saturated rings. The van der Waals surface area contributed by atoms with Gasteiger partial charge in [-0.25, -0.2) is 4.79 Å². The fourth-order valence-corrected chi connectivity index (χ4v) is 0.504. The van der Waals surface area contributed by atoms with Gasteiger partial charge in [-0.2, -0.15) is 0 Å². The van der Waals surface area contributed by atoms with Crippen LogP contribution < -0.4 is 5.32 Å². The van der Waals surface area contributed by atoms with Gasteiger partial charge in [0.05, 0.1) is 11.7 Å². The first-order valence-corrected chi connectivity index (χ1v) is 5.18. The lowest BCUT2D eigenvalue weighted by Gasteiger charge is -1.96. The Morgan fingerprint density at radius 3 is 1.71 bits per heavy atom. The third-order valence-corrected chi connectivity index (χ3v) is 1.12. The van der Waals surface area contributed by atoms with E-state index in [9.17, 15) is 4.79 Å². The van der Waals surface area contributed by atoms with Crippen LogP contribution in [0.25, 0.3) is 0 Å². The van der Waals surface area contributed by atoms with Gasteiger partial charge in [0.15, 0.2) is 0 Å². The largest absolute Gasteiger partial charge is 0.463 e. The molecule has 0 aliphatic rings. The third kappa shape index (κ3) is 40.5. The Bertz CT molecular complexity index is 213. The zero-order valence-electron chi connectivity index (χ0n) is 10.8. The molecule has 0 saturated heterocycles. The van der Waals surface area contributed by atoms with Crippen molar-refractivity contribution in [2.75, 3.05) is 19.7 Å². The summed E-state index contributed by atoms with van der Waals surface area (Å²) in [5.74, 6) is -0.312. The number of rotatable bonds is 4. The molecule has 0 unspecified atom stereocenters. The summed E-state index contributed by atoms with van der Waals surface area (Å²) in [6.45, 7) is 13.6. The SMILES string of the molecule is C=C(C)C(=O)OCC.CCNCC.O=[N+]([O-])[O-]. The molecule has 1 N–H and O–H groups in total. The fourth-order valence-electron chi connectivity index (χ4n) is 0.504. The molecule has 0 bridgehead atoms. The highest BCUT2D eigenvalue weighted by Gasteiger charge is 1.98. The smallest absolute Gasteiger partial charge is 0.333 e. The van der Waals surface area contributed by atoms with Crippen LogP contribution in [0.15, 0.2) is 12.2 Å². The Hall–Kier alpha value is -1.63. The first-order chi connectivity index (χ1) is 7.83. The fraction of sp³-hybridized carbons (Fsp3) is 0.700. The molecule has 0 aromatic rings. The van der Waals surface area contributed by atoms with Crippen molar-refractivity contribution in [3.63, 3.8) is 0 Å². The highest BCUT2D eigenvalue weighted by Crippen LogP contribution is 1.89. The molecule has 0 spiro atoms. The highest BCUT2D eigenvalue weighted by molar-refractivity contribution is 5.86. The summed E-state index contributed by atoms with van der Waals surface area (Å²) < 4.78 is 4.56. The Morgan fingerprint density at radius 1 is 1.29 bits per heavy atom. The topological polar surface area (TPSA) is 105 Å².